The van der Waals surface area contributed by atoms with Crippen LogP contribution in [0.3, 0.4) is 0 Å². The van der Waals surface area contributed by atoms with E-state index in [2.05, 4.69) is 35.5 Å². The molecule has 4 heteroatoms. The average Bonchev–Trinajstić information content (AvgIpc) is 2.72. The lowest BCUT2D eigenvalue weighted by Crippen LogP contribution is -2.30. The third-order valence-corrected chi connectivity index (χ3v) is 4.05. The zero-order chi connectivity index (χ0) is 13.2. The standard InChI is InChI=1S/C14H26N4/c1-11(2)10-18-12(9-15)16-17-13(18)14(3)7-5-4-6-8-14/h11H,4-10,15H2,1-3H3. The fourth-order valence-corrected chi connectivity index (χ4v) is 3.05. The van der Waals surface area contributed by atoms with Crippen molar-refractivity contribution in [1.29, 1.82) is 0 Å². The van der Waals surface area contributed by atoms with E-state index < -0.39 is 0 Å². The Bertz CT molecular complexity index is 388. The van der Waals surface area contributed by atoms with Gasteiger partial charge in [-0.1, -0.05) is 40.0 Å². The summed E-state index contributed by atoms with van der Waals surface area (Å²) in [5, 5.41) is 8.76. The van der Waals surface area contributed by atoms with Crippen molar-refractivity contribution in [2.45, 2.75) is 71.4 Å². The van der Waals surface area contributed by atoms with Gasteiger partial charge in [-0.2, -0.15) is 0 Å². The van der Waals surface area contributed by atoms with E-state index in [4.69, 9.17) is 5.73 Å². The first kappa shape index (κ1) is 13.5. The normalized spacial score (nSPS) is 19.4. The highest BCUT2D eigenvalue weighted by atomic mass is 15.3. The van der Waals surface area contributed by atoms with Gasteiger partial charge in [0.15, 0.2) is 0 Å². The molecule has 1 aliphatic carbocycles. The molecule has 0 spiro atoms. The second kappa shape index (κ2) is 5.39. The summed E-state index contributed by atoms with van der Waals surface area (Å²) in [6, 6.07) is 0. The number of aromatic nitrogens is 3. The Morgan fingerprint density at radius 2 is 1.89 bits per heavy atom. The number of hydrogen-bond acceptors (Lipinski definition) is 3. The Morgan fingerprint density at radius 1 is 1.22 bits per heavy atom. The Hall–Kier alpha value is -0.900. The van der Waals surface area contributed by atoms with Crippen molar-refractivity contribution in [3.8, 4) is 0 Å². The third-order valence-electron chi connectivity index (χ3n) is 4.05. The number of nitrogens with two attached hydrogens (primary N) is 1. The van der Waals surface area contributed by atoms with Crippen LogP contribution in [-0.4, -0.2) is 14.8 Å². The first-order valence-corrected chi connectivity index (χ1v) is 7.19. The van der Waals surface area contributed by atoms with E-state index in [9.17, 15) is 0 Å². The van der Waals surface area contributed by atoms with E-state index in [1.807, 2.05) is 0 Å². The Balaban J connectivity index is 2.33. The molecule has 0 bridgehead atoms. The van der Waals surface area contributed by atoms with Gasteiger partial charge in [0.1, 0.15) is 11.6 Å². The fourth-order valence-electron chi connectivity index (χ4n) is 3.05. The molecule has 102 valence electrons. The van der Waals surface area contributed by atoms with Crippen molar-refractivity contribution in [3.05, 3.63) is 11.6 Å². The molecule has 1 aliphatic rings. The molecule has 4 nitrogen and oxygen atoms in total. The van der Waals surface area contributed by atoms with Crippen LogP contribution in [0.2, 0.25) is 0 Å². The molecule has 1 aromatic heterocycles. The predicted octanol–water partition coefficient (Wildman–Crippen LogP) is 2.61. The van der Waals surface area contributed by atoms with Crippen LogP contribution < -0.4 is 5.73 Å². The Kier molecular flexibility index (Phi) is 4.05. The van der Waals surface area contributed by atoms with Crippen molar-refractivity contribution in [1.82, 2.24) is 14.8 Å². The predicted molar refractivity (Wildman–Crippen MR) is 73.2 cm³/mol. The monoisotopic (exact) mass is 250 g/mol. The highest BCUT2D eigenvalue weighted by molar-refractivity contribution is 5.10. The first-order valence-electron chi connectivity index (χ1n) is 7.19. The maximum Gasteiger partial charge on any atom is 0.146 e. The molecule has 1 saturated carbocycles. The molecule has 0 unspecified atom stereocenters. The van der Waals surface area contributed by atoms with Gasteiger partial charge in [0, 0.05) is 12.0 Å². The molecule has 2 N–H and O–H groups in total. The topological polar surface area (TPSA) is 56.7 Å². The van der Waals surface area contributed by atoms with Crippen molar-refractivity contribution >= 4 is 0 Å². The largest absolute Gasteiger partial charge is 0.324 e. The molecule has 0 aromatic carbocycles. The SMILES string of the molecule is CC(C)Cn1c(CN)nnc1C1(C)CCCCC1. The average molecular weight is 250 g/mol. The van der Waals surface area contributed by atoms with Crippen LogP contribution in [0.15, 0.2) is 0 Å². The molecule has 2 rings (SSSR count). The molecule has 0 saturated heterocycles. The van der Waals surface area contributed by atoms with Gasteiger partial charge in [-0.3, -0.25) is 0 Å². The van der Waals surface area contributed by atoms with Crippen LogP contribution in [0.25, 0.3) is 0 Å². The van der Waals surface area contributed by atoms with Crippen molar-refractivity contribution in [3.63, 3.8) is 0 Å². The fraction of sp³-hybridized carbons (Fsp3) is 0.857. The van der Waals surface area contributed by atoms with Gasteiger partial charge in [0.25, 0.3) is 0 Å². The van der Waals surface area contributed by atoms with Gasteiger partial charge in [0.05, 0.1) is 6.54 Å². The van der Waals surface area contributed by atoms with Crippen LogP contribution in [0, 0.1) is 5.92 Å². The zero-order valence-corrected chi connectivity index (χ0v) is 11.9. The molecular weight excluding hydrogens is 224 g/mol. The van der Waals surface area contributed by atoms with Crippen LogP contribution in [-0.2, 0) is 18.5 Å². The lowest BCUT2D eigenvalue weighted by molar-refractivity contribution is 0.288. The molecule has 0 atom stereocenters. The van der Waals surface area contributed by atoms with Crippen molar-refractivity contribution < 1.29 is 0 Å². The van der Waals surface area contributed by atoms with Crippen LogP contribution in [0.5, 0.6) is 0 Å². The van der Waals surface area contributed by atoms with Crippen molar-refractivity contribution in [2.24, 2.45) is 11.7 Å². The lowest BCUT2D eigenvalue weighted by atomic mass is 9.75. The highest BCUT2D eigenvalue weighted by Crippen LogP contribution is 2.38. The second-order valence-corrected chi connectivity index (χ2v) is 6.27. The van der Waals surface area contributed by atoms with E-state index in [0.717, 1.165) is 18.2 Å². The molecule has 1 fully saturated rings. The van der Waals surface area contributed by atoms with Gasteiger partial charge in [-0.05, 0) is 18.8 Å². The zero-order valence-electron chi connectivity index (χ0n) is 11.9. The summed E-state index contributed by atoms with van der Waals surface area (Å²) in [6.45, 7) is 8.26. The smallest absolute Gasteiger partial charge is 0.146 e. The lowest BCUT2D eigenvalue weighted by Gasteiger charge is -2.33. The van der Waals surface area contributed by atoms with Crippen LogP contribution >= 0.6 is 0 Å². The van der Waals surface area contributed by atoms with Crippen LogP contribution in [0.4, 0.5) is 0 Å². The van der Waals surface area contributed by atoms with Crippen molar-refractivity contribution in [2.75, 3.05) is 0 Å². The molecule has 1 heterocycles. The molecule has 0 amide bonds. The molecule has 0 aliphatic heterocycles. The summed E-state index contributed by atoms with van der Waals surface area (Å²) in [5.41, 5.74) is 5.99. The van der Waals surface area contributed by atoms with E-state index >= 15 is 0 Å². The van der Waals surface area contributed by atoms with E-state index in [1.165, 1.54) is 32.1 Å². The van der Waals surface area contributed by atoms with Gasteiger partial charge < -0.3 is 10.3 Å². The minimum Gasteiger partial charge on any atom is -0.324 e. The minimum absolute atomic E-state index is 0.202. The summed E-state index contributed by atoms with van der Waals surface area (Å²) in [6.07, 6.45) is 6.44. The van der Waals surface area contributed by atoms with Gasteiger partial charge in [0.2, 0.25) is 0 Å². The Morgan fingerprint density at radius 3 is 2.44 bits per heavy atom. The van der Waals surface area contributed by atoms with Gasteiger partial charge in [-0.15, -0.1) is 10.2 Å². The minimum atomic E-state index is 0.202. The summed E-state index contributed by atoms with van der Waals surface area (Å²) in [5.74, 6) is 2.69. The number of hydrogen-bond donors (Lipinski definition) is 1. The molecule has 1 aromatic rings. The van der Waals surface area contributed by atoms with E-state index in [0.29, 0.717) is 12.5 Å². The van der Waals surface area contributed by atoms with E-state index in [1.54, 1.807) is 0 Å². The maximum atomic E-state index is 5.79. The first-order chi connectivity index (χ1) is 8.57. The summed E-state index contributed by atoms with van der Waals surface area (Å²) >= 11 is 0. The molecular formula is C14H26N4. The van der Waals surface area contributed by atoms with E-state index in [-0.39, 0.29) is 5.41 Å². The molecule has 0 radical (unpaired) electrons. The Labute approximate surface area is 110 Å². The molecule has 18 heavy (non-hydrogen) atoms. The number of rotatable bonds is 4. The van der Waals surface area contributed by atoms with Gasteiger partial charge >= 0.3 is 0 Å². The van der Waals surface area contributed by atoms with Gasteiger partial charge in [-0.25, -0.2) is 0 Å². The summed E-state index contributed by atoms with van der Waals surface area (Å²) in [7, 11) is 0. The maximum absolute atomic E-state index is 5.79. The quantitative estimate of drug-likeness (QED) is 0.893. The summed E-state index contributed by atoms with van der Waals surface area (Å²) in [4.78, 5) is 0. The summed E-state index contributed by atoms with van der Waals surface area (Å²) < 4.78 is 2.27. The second-order valence-electron chi connectivity index (χ2n) is 6.27. The highest BCUT2D eigenvalue weighted by Gasteiger charge is 2.34. The number of nitrogens with zero attached hydrogens (tertiary/aromatic N) is 3. The van der Waals surface area contributed by atoms with Crippen LogP contribution in [0.1, 0.15) is 64.5 Å². The third kappa shape index (κ3) is 2.58.